The van der Waals surface area contributed by atoms with Crippen LogP contribution in [0.2, 0.25) is 0 Å². The Balaban J connectivity index is 1.26. The first-order valence-electron chi connectivity index (χ1n) is 9.48. The molecule has 0 saturated heterocycles. The average Bonchev–Trinajstić information content (AvgIpc) is 3.02. The summed E-state index contributed by atoms with van der Waals surface area (Å²) in [6.45, 7) is 0. The molecule has 6 rings (SSSR count). The van der Waals surface area contributed by atoms with Crippen LogP contribution in [0.15, 0.2) is 41.0 Å². The van der Waals surface area contributed by atoms with Crippen molar-refractivity contribution in [2.45, 2.75) is 50.5 Å². The van der Waals surface area contributed by atoms with Crippen LogP contribution in [0.5, 0.6) is 0 Å². The third-order valence-electron chi connectivity index (χ3n) is 6.36. The van der Waals surface area contributed by atoms with Gasteiger partial charge in [0, 0.05) is 11.1 Å². The molecule has 25 heavy (non-hydrogen) atoms. The molecule has 0 unspecified atom stereocenters. The second-order valence-electron chi connectivity index (χ2n) is 8.43. The van der Waals surface area contributed by atoms with E-state index in [-0.39, 0.29) is 11.4 Å². The minimum absolute atomic E-state index is 0.0673. The highest BCUT2D eigenvalue weighted by Gasteiger charge is 2.51. The molecule has 0 atom stereocenters. The Kier molecular flexibility index (Phi) is 3.47. The Labute approximate surface area is 148 Å². The quantitative estimate of drug-likeness (QED) is 0.919. The molecule has 130 valence electrons. The van der Waals surface area contributed by atoms with Crippen molar-refractivity contribution in [3.63, 3.8) is 0 Å². The van der Waals surface area contributed by atoms with Crippen molar-refractivity contribution in [2.24, 2.45) is 17.8 Å². The zero-order chi connectivity index (χ0) is 16.9. The van der Waals surface area contributed by atoms with Gasteiger partial charge in [0.25, 0.3) is 0 Å². The SMILES string of the molecule is O=C(Cc1coc(-c2ccccc2)n1)NC12CC3CC(CC(C3)C1)C2. The lowest BCUT2D eigenvalue weighted by molar-refractivity contribution is -0.126. The average molecular weight is 336 g/mol. The Morgan fingerprint density at radius 2 is 1.72 bits per heavy atom. The molecule has 4 nitrogen and oxygen atoms in total. The zero-order valence-corrected chi connectivity index (χ0v) is 14.4. The smallest absolute Gasteiger partial charge is 0.226 e. The van der Waals surface area contributed by atoms with Gasteiger partial charge in [0.2, 0.25) is 11.8 Å². The Bertz CT molecular complexity index is 745. The van der Waals surface area contributed by atoms with Crippen molar-refractivity contribution in [3.05, 3.63) is 42.3 Å². The van der Waals surface area contributed by atoms with Crippen molar-refractivity contribution >= 4 is 5.91 Å². The third-order valence-corrected chi connectivity index (χ3v) is 6.36. The third kappa shape index (κ3) is 2.88. The van der Waals surface area contributed by atoms with Gasteiger partial charge in [-0.25, -0.2) is 4.98 Å². The van der Waals surface area contributed by atoms with E-state index in [1.54, 1.807) is 6.26 Å². The van der Waals surface area contributed by atoms with E-state index in [9.17, 15) is 4.79 Å². The molecule has 4 aliphatic rings. The van der Waals surface area contributed by atoms with Crippen LogP contribution in [0.25, 0.3) is 11.5 Å². The van der Waals surface area contributed by atoms with E-state index in [1.807, 2.05) is 30.3 Å². The van der Waals surface area contributed by atoms with E-state index < -0.39 is 0 Å². The first kappa shape index (κ1) is 15.2. The van der Waals surface area contributed by atoms with E-state index in [2.05, 4.69) is 10.3 Å². The summed E-state index contributed by atoms with van der Waals surface area (Å²) in [4.78, 5) is 17.1. The first-order valence-corrected chi connectivity index (χ1v) is 9.48. The van der Waals surface area contributed by atoms with Gasteiger partial charge in [-0.1, -0.05) is 18.2 Å². The Morgan fingerprint density at radius 3 is 2.36 bits per heavy atom. The molecule has 1 aromatic carbocycles. The van der Waals surface area contributed by atoms with Crippen LogP contribution >= 0.6 is 0 Å². The Hall–Kier alpha value is -2.10. The highest BCUT2D eigenvalue weighted by atomic mass is 16.3. The number of hydrogen-bond acceptors (Lipinski definition) is 3. The lowest BCUT2D eigenvalue weighted by atomic mass is 9.53. The highest BCUT2D eigenvalue weighted by molar-refractivity contribution is 5.79. The number of carbonyl (C=O) groups is 1. The molecule has 0 spiro atoms. The van der Waals surface area contributed by atoms with E-state index >= 15 is 0 Å². The molecule has 1 heterocycles. The van der Waals surface area contributed by atoms with Crippen molar-refractivity contribution in [1.82, 2.24) is 10.3 Å². The predicted octanol–water partition coefficient (Wildman–Crippen LogP) is 3.97. The molecular weight excluding hydrogens is 312 g/mol. The van der Waals surface area contributed by atoms with Gasteiger partial charge >= 0.3 is 0 Å². The molecule has 0 radical (unpaired) electrons. The molecule has 1 aromatic heterocycles. The molecule has 4 bridgehead atoms. The minimum atomic E-state index is 0.0673. The van der Waals surface area contributed by atoms with Gasteiger partial charge in [0.05, 0.1) is 12.1 Å². The fourth-order valence-electron chi connectivity index (χ4n) is 5.87. The van der Waals surface area contributed by atoms with Gasteiger partial charge in [-0.05, 0) is 68.4 Å². The number of aromatic nitrogens is 1. The molecular formula is C21H24N2O2. The lowest BCUT2D eigenvalue weighted by Gasteiger charge is -2.56. The number of benzene rings is 1. The van der Waals surface area contributed by atoms with Crippen LogP contribution in [0.4, 0.5) is 0 Å². The van der Waals surface area contributed by atoms with E-state index in [1.165, 1.54) is 38.5 Å². The summed E-state index contributed by atoms with van der Waals surface area (Å²) in [5.74, 6) is 3.18. The second kappa shape index (κ2) is 5.72. The molecule has 1 N–H and O–H groups in total. The number of rotatable bonds is 4. The monoisotopic (exact) mass is 336 g/mol. The van der Waals surface area contributed by atoms with Crippen LogP contribution in [0.3, 0.4) is 0 Å². The molecule has 4 aliphatic carbocycles. The number of oxazole rings is 1. The minimum Gasteiger partial charge on any atom is -0.444 e. The molecule has 1 amide bonds. The first-order chi connectivity index (χ1) is 12.2. The number of nitrogens with zero attached hydrogens (tertiary/aromatic N) is 1. The fraction of sp³-hybridized carbons (Fsp3) is 0.524. The van der Waals surface area contributed by atoms with Crippen molar-refractivity contribution in [2.75, 3.05) is 0 Å². The number of hydrogen-bond donors (Lipinski definition) is 1. The number of nitrogens with one attached hydrogen (secondary N) is 1. The van der Waals surface area contributed by atoms with E-state index in [0.29, 0.717) is 18.0 Å². The van der Waals surface area contributed by atoms with E-state index in [0.717, 1.165) is 23.3 Å². The summed E-state index contributed by atoms with van der Waals surface area (Å²) < 4.78 is 5.55. The van der Waals surface area contributed by atoms with E-state index in [4.69, 9.17) is 4.42 Å². The maximum atomic E-state index is 12.7. The van der Waals surface area contributed by atoms with Crippen molar-refractivity contribution in [3.8, 4) is 11.5 Å². The molecule has 4 fully saturated rings. The van der Waals surface area contributed by atoms with Gasteiger partial charge < -0.3 is 9.73 Å². The summed E-state index contributed by atoms with van der Waals surface area (Å²) in [5.41, 5.74) is 1.72. The molecule has 4 saturated carbocycles. The van der Waals surface area contributed by atoms with Crippen LogP contribution in [0.1, 0.15) is 44.2 Å². The van der Waals surface area contributed by atoms with Crippen LogP contribution in [0, 0.1) is 17.8 Å². The van der Waals surface area contributed by atoms with Gasteiger partial charge in [0.1, 0.15) is 6.26 Å². The normalized spacial score (nSPS) is 32.7. The zero-order valence-electron chi connectivity index (χ0n) is 14.4. The Morgan fingerprint density at radius 1 is 1.08 bits per heavy atom. The second-order valence-corrected chi connectivity index (χ2v) is 8.43. The van der Waals surface area contributed by atoms with Gasteiger partial charge in [0.15, 0.2) is 0 Å². The van der Waals surface area contributed by atoms with Crippen molar-refractivity contribution < 1.29 is 9.21 Å². The maximum absolute atomic E-state index is 12.7. The summed E-state index contributed by atoms with van der Waals surface area (Å²) in [7, 11) is 0. The van der Waals surface area contributed by atoms with Gasteiger partial charge in [-0.3, -0.25) is 4.79 Å². The largest absolute Gasteiger partial charge is 0.444 e. The summed E-state index contributed by atoms with van der Waals surface area (Å²) in [5, 5.41) is 3.40. The summed E-state index contributed by atoms with van der Waals surface area (Å²) in [6.07, 6.45) is 9.62. The number of amides is 1. The van der Waals surface area contributed by atoms with Gasteiger partial charge in [-0.2, -0.15) is 0 Å². The van der Waals surface area contributed by atoms with Crippen LogP contribution in [-0.4, -0.2) is 16.4 Å². The van der Waals surface area contributed by atoms with Gasteiger partial charge in [-0.15, -0.1) is 0 Å². The standard InChI is InChI=1S/C21H24N2O2/c24-19(9-18-13-25-20(22-18)17-4-2-1-3-5-17)23-21-10-14-6-15(11-21)8-16(7-14)12-21/h1-5,13-16H,6-12H2,(H,23,24). The molecule has 0 aliphatic heterocycles. The summed E-state index contributed by atoms with van der Waals surface area (Å²) in [6, 6.07) is 9.81. The summed E-state index contributed by atoms with van der Waals surface area (Å²) >= 11 is 0. The molecule has 2 aromatic rings. The maximum Gasteiger partial charge on any atom is 0.226 e. The lowest BCUT2D eigenvalue weighted by Crippen LogP contribution is -2.60. The van der Waals surface area contributed by atoms with Crippen molar-refractivity contribution in [1.29, 1.82) is 0 Å². The van der Waals surface area contributed by atoms with Crippen LogP contribution < -0.4 is 5.32 Å². The topological polar surface area (TPSA) is 55.1 Å². The highest BCUT2D eigenvalue weighted by Crippen LogP contribution is 2.55. The van der Waals surface area contributed by atoms with Crippen LogP contribution in [-0.2, 0) is 11.2 Å². The predicted molar refractivity (Wildman–Crippen MR) is 94.7 cm³/mol. The molecule has 4 heteroatoms. The fourth-order valence-corrected chi connectivity index (χ4v) is 5.87. The number of carbonyl (C=O) groups excluding carboxylic acids is 1.